The van der Waals surface area contributed by atoms with Crippen LogP contribution in [0.5, 0.6) is 0 Å². The normalized spacial score (nSPS) is 10.6. The third kappa shape index (κ3) is 7.46. The highest BCUT2D eigenvalue weighted by atomic mass is 16.5. The molecule has 1 aromatic rings. The number of carboxylic acids is 1. The lowest BCUT2D eigenvalue weighted by molar-refractivity contribution is -0.140. The van der Waals surface area contributed by atoms with Gasteiger partial charge >= 0.3 is 5.97 Å². The van der Waals surface area contributed by atoms with E-state index in [1.807, 2.05) is 44.2 Å². The summed E-state index contributed by atoms with van der Waals surface area (Å²) in [6, 6.07) is 9.61. The van der Waals surface area contributed by atoms with Crippen LogP contribution >= 0.6 is 0 Å². The van der Waals surface area contributed by atoms with Gasteiger partial charge in [-0.2, -0.15) is 0 Å². The van der Waals surface area contributed by atoms with Crippen LogP contribution in [0, 0.1) is 5.92 Å². The molecule has 21 heavy (non-hydrogen) atoms. The van der Waals surface area contributed by atoms with E-state index in [1.165, 1.54) is 0 Å². The fourth-order valence-electron chi connectivity index (χ4n) is 1.91. The van der Waals surface area contributed by atoms with Crippen molar-refractivity contribution in [2.45, 2.75) is 26.9 Å². The minimum atomic E-state index is -0.901. The van der Waals surface area contributed by atoms with Gasteiger partial charge in [0.2, 0.25) is 5.91 Å². The van der Waals surface area contributed by atoms with Gasteiger partial charge in [-0.3, -0.25) is 9.59 Å². The summed E-state index contributed by atoms with van der Waals surface area (Å²) in [6.07, 6.45) is -0.0445. The second-order valence-corrected chi connectivity index (χ2v) is 5.36. The van der Waals surface area contributed by atoms with Crippen molar-refractivity contribution >= 4 is 11.9 Å². The van der Waals surface area contributed by atoms with Crippen molar-refractivity contribution in [3.8, 4) is 0 Å². The van der Waals surface area contributed by atoms with E-state index in [4.69, 9.17) is 9.84 Å². The number of carboxylic acid groups (broad SMARTS) is 1. The van der Waals surface area contributed by atoms with Crippen molar-refractivity contribution in [2.24, 2.45) is 5.92 Å². The SMILES string of the molecule is CC(C)CN(CCC(=O)O)C(=O)COCc1ccccc1. The molecule has 1 N–H and O–H groups in total. The number of hydrogen-bond acceptors (Lipinski definition) is 3. The van der Waals surface area contributed by atoms with Gasteiger partial charge in [0.05, 0.1) is 13.0 Å². The van der Waals surface area contributed by atoms with Gasteiger partial charge in [-0.1, -0.05) is 44.2 Å². The maximum Gasteiger partial charge on any atom is 0.305 e. The molecule has 5 heteroatoms. The second-order valence-electron chi connectivity index (χ2n) is 5.36. The van der Waals surface area contributed by atoms with Crippen molar-refractivity contribution in [3.63, 3.8) is 0 Å². The van der Waals surface area contributed by atoms with Crippen LogP contribution in [0.3, 0.4) is 0 Å². The highest BCUT2D eigenvalue weighted by Gasteiger charge is 2.16. The lowest BCUT2D eigenvalue weighted by atomic mass is 10.2. The molecule has 0 saturated heterocycles. The Balaban J connectivity index is 2.42. The Hall–Kier alpha value is -1.88. The topological polar surface area (TPSA) is 66.8 Å². The number of carbonyl (C=O) groups is 2. The first kappa shape index (κ1) is 17.2. The zero-order chi connectivity index (χ0) is 15.7. The molecular weight excluding hydrogens is 270 g/mol. The number of nitrogens with zero attached hydrogens (tertiary/aromatic N) is 1. The Morgan fingerprint density at radius 1 is 1.24 bits per heavy atom. The van der Waals surface area contributed by atoms with Crippen LogP contribution in [-0.2, 0) is 20.9 Å². The van der Waals surface area contributed by atoms with Crippen molar-refractivity contribution in [1.82, 2.24) is 4.90 Å². The van der Waals surface area contributed by atoms with E-state index in [0.29, 0.717) is 13.2 Å². The maximum absolute atomic E-state index is 12.1. The van der Waals surface area contributed by atoms with Crippen LogP contribution < -0.4 is 0 Å². The molecule has 1 amide bonds. The molecule has 0 fully saturated rings. The standard InChI is InChI=1S/C16H23NO4/c1-13(2)10-17(9-8-16(19)20)15(18)12-21-11-14-6-4-3-5-7-14/h3-7,13H,8-12H2,1-2H3,(H,19,20). The molecule has 1 aromatic carbocycles. The van der Waals surface area contributed by atoms with Gasteiger partial charge in [0.25, 0.3) is 0 Å². The number of benzene rings is 1. The molecule has 5 nitrogen and oxygen atoms in total. The summed E-state index contributed by atoms with van der Waals surface area (Å²) >= 11 is 0. The quantitative estimate of drug-likeness (QED) is 0.757. The first-order valence-electron chi connectivity index (χ1n) is 7.10. The predicted molar refractivity (Wildman–Crippen MR) is 79.8 cm³/mol. The van der Waals surface area contributed by atoms with Crippen molar-refractivity contribution in [2.75, 3.05) is 19.7 Å². The maximum atomic E-state index is 12.1. The Morgan fingerprint density at radius 3 is 2.48 bits per heavy atom. The molecule has 0 aliphatic rings. The molecule has 0 aliphatic heterocycles. The van der Waals surface area contributed by atoms with E-state index in [1.54, 1.807) is 4.90 Å². The third-order valence-corrected chi connectivity index (χ3v) is 2.87. The van der Waals surface area contributed by atoms with E-state index in [0.717, 1.165) is 5.56 Å². The monoisotopic (exact) mass is 293 g/mol. The first-order chi connectivity index (χ1) is 9.99. The fourth-order valence-corrected chi connectivity index (χ4v) is 1.91. The molecule has 0 heterocycles. The molecule has 116 valence electrons. The van der Waals surface area contributed by atoms with Gasteiger partial charge in [0.1, 0.15) is 6.61 Å². The average Bonchev–Trinajstić information content (AvgIpc) is 2.44. The summed E-state index contributed by atoms with van der Waals surface area (Å²) in [4.78, 5) is 24.3. The number of aliphatic carboxylic acids is 1. The zero-order valence-electron chi connectivity index (χ0n) is 12.6. The van der Waals surface area contributed by atoms with Gasteiger partial charge < -0.3 is 14.7 Å². The molecule has 0 unspecified atom stereocenters. The first-order valence-corrected chi connectivity index (χ1v) is 7.10. The molecule has 0 saturated carbocycles. The van der Waals surface area contributed by atoms with Crippen LogP contribution in [0.4, 0.5) is 0 Å². The van der Waals surface area contributed by atoms with Crippen molar-refractivity contribution in [3.05, 3.63) is 35.9 Å². The summed E-state index contributed by atoms with van der Waals surface area (Å²) in [5, 5.41) is 8.73. The van der Waals surface area contributed by atoms with Gasteiger partial charge in [-0.05, 0) is 11.5 Å². The lowest BCUT2D eigenvalue weighted by Gasteiger charge is -2.24. The molecule has 0 radical (unpaired) electrons. The zero-order valence-corrected chi connectivity index (χ0v) is 12.6. The van der Waals surface area contributed by atoms with Gasteiger partial charge in [0.15, 0.2) is 0 Å². The van der Waals surface area contributed by atoms with E-state index < -0.39 is 5.97 Å². The molecule has 0 aliphatic carbocycles. The van der Waals surface area contributed by atoms with Crippen LogP contribution in [0.15, 0.2) is 30.3 Å². The average molecular weight is 293 g/mol. The molecule has 1 rings (SSSR count). The number of rotatable bonds is 9. The minimum Gasteiger partial charge on any atom is -0.481 e. The van der Waals surface area contributed by atoms with Gasteiger partial charge in [0, 0.05) is 13.1 Å². The van der Waals surface area contributed by atoms with E-state index in [2.05, 4.69) is 0 Å². The van der Waals surface area contributed by atoms with Crippen LogP contribution in [-0.4, -0.2) is 41.6 Å². The van der Waals surface area contributed by atoms with Crippen LogP contribution in [0.2, 0.25) is 0 Å². The van der Waals surface area contributed by atoms with Gasteiger partial charge in [-0.25, -0.2) is 0 Å². The summed E-state index contributed by atoms with van der Waals surface area (Å²) in [7, 11) is 0. The number of ether oxygens (including phenoxy) is 1. The highest BCUT2D eigenvalue weighted by Crippen LogP contribution is 2.04. The molecule has 0 atom stereocenters. The van der Waals surface area contributed by atoms with Gasteiger partial charge in [-0.15, -0.1) is 0 Å². The molecule has 0 aromatic heterocycles. The molecule has 0 spiro atoms. The molecule has 0 bridgehead atoms. The second kappa shape index (κ2) is 9.13. The predicted octanol–water partition coefficient (Wildman–Crippen LogP) is 2.16. The van der Waals surface area contributed by atoms with E-state index >= 15 is 0 Å². The van der Waals surface area contributed by atoms with E-state index in [-0.39, 0.29) is 31.4 Å². The van der Waals surface area contributed by atoms with Crippen LogP contribution in [0.25, 0.3) is 0 Å². The Morgan fingerprint density at radius 2 is 1.90 bits per heavy atom. The highest BCUT2D eigenvalue weighted by molar-refractivity contribution is 5.78. The Labute approximate surface area is 125 Å². The number of hydrogen-bond donors (Lipinski definition) is 1. The summed E-state index contributed by atoms with van der Waals surface area (Å²) in [6.45, 7) is 5.10. The van der Waals surface area contributed by atoms with Crippen LogP contribution in [0.1, 0.15) is 25.8 Å². The largest absolute Gasteiger partial charge is 0.481 e. The number of carbonyl (C=O) groups excluding carboxylic acids is 1. The molecular formula is C16H23NO4. The smallest absolute Gasteiger partial charge is 0.305 e. The van der Waals surface area contributed by atoms with Crippen molar-refractivity contribution < 1.29 is 19.4 Å². The number of amides is 1. The lowest BCUT2D eigenvalue weighted by Crippen LogP contribution is -2.38. The third-order valence-electron chi connectivity index (χ3n) is 2.87. The summed E-state index contributed by atoms with van der Waals surface area (Å²) in [5.74, 6) is -0.778. The Kier molecular flexibility index (Phi) is 7.46. The Bertz CT molecular complexity index is 445. The van der Waals surface area contributed by atoms with Crippen molar-refractivity contribution in [1.29, 1.82) is 0 Å². The summed E-state index contributed by atoms with van der Waals surface area (Å²) < 4.78 is 5.41. The minimum absolute atomic E-state index is 0.0266. The fraction of sp³-hybridized carbons (Fsp3) is 0.500. The summed E-state index contributed by atoms with van der Waals surface area (Å²) in [5.41, 5.74) is 1.01. The van der Waals surface area contributed by atoms with E-state index in [9.17, 15) is 9.59 Å².